The first-order valence-electron chi connectivity index (χ1n) is 7.95. The van der Waals surface area contributed by atoms with Crippen LogP contribution in [0.2, 0.25) is 5.02 Å². The van der Waals surface area contributed by atoms with E-state index < -0.39 is 0 Å². The Hall–Kier alpha value is -1.84. The Kier molecular flexibility index (Phi) is 7.11. The molecule has 0 saturated heterocycles. The van der Waals surface area contributed by atoms with Gasteiger partial charge in [-0.1, -0.05) is 54.1 Å². The first-order chi connectivity index (χ1) is 11.2. The summed E-state index contributed by atoms with van der Waals surface area (Å²) in [6, 6.07) is 17.8. The van der Waals surface area contributed by atoms with Crippen molar-refractivity contribution in [1.82, 2.24) is 4.90 Å². The number of aryl methyl sites for hydroxylation is 1. The standard InChI is InChI=1S/C19H23ClN2O/c20-18-9-6-17(7-10-18)8-11-19(23)22(15-13-21)14-12-16-4-2-1-3-5-16/h1-7,9-10H,8,11-15,21H2. The quantitative estimate of drug-likeness (QED) is 0.807. The molecule has 4 heteroatoms. The van der Waals surface area contributed by atoms with Crippen molar-refractivity contribution in [3.8, 4) is 0 Å². The fourth-order valence-corrected chi connectivity index (χ4v) is 2.61. The highest BCUT2D eigenvalue weighted by atomic mass is 35.5. The maximum atomic E-state index is 12.4. The van der Waals surface area contributed by atoms with Gasteiger partial charge >= 0.3 is 0 Å². The SMILES string of the molecule is NCCN(CCc1ccccc1)C(=O)CCc1ccc(Cl)cc1. The molecule has 2 aromatic rings. The molecule has 0 unspecified atom stereocenters. The third kappa shape index (κ3) is 6.05. The van der Waals surface area contributed by atoms with E-state index in [1.165, 1.54) is 5.56 Å². The van der Waals surface area contributed by atoms with Gasteiger partial charge in [-0.3, -0.25) is 4.79 Å². The second kappa shape index (κ2) is 9.33. The molecule has 1 amide bonds. The molecule has 122 valence electrons. The first kappa shape index (κ1) is 17.5. The van der Waals surface area contributed by atoms with Gasteiger partial charge in [-0.2, -0.15) is 0 Å². The van der Waals surface area contributed by atoms with Crippen molar-refractivity contribution in [3.63, 3.8) is 0 Å². The van der Waals surface area contributed by atoms with E-state index in [-0.39, 0.29) is 5.91 Å². The Morgan fingerprint density at radius 2 is 1.57 bits per heavy atom. The molecule has 0 aromatic heterocycles. The van der Waals surface area contributed by atoms with Crippen molar-refractivity contribution in [2.45, 2.75) is 19.3 Å². The van der Waals surface area contributed by atoms with Crippen molar-refractivity contribution in [2.75, 3.05) is 19.6 Å². The summed E-state index contributed by atoms with van der Waals surface area (Å²) in [5.74, 6) is 0.154. The summed E-state index contributed by atoms with van der Waals surface area (Å²) in [7, 11) is 0. The predicted molar refractivity (Wildman–Crippen MR) is 95.6 cm³/mol. The Morgan fingerprint density at radius 1 is 0.913 bits per heavy atom. The maximum Gasteiger partial charge on any atom is 0.222 e. The fourth-order valence-electron chi connectivity index (χ4n) is 2.49. The number of hydrogen-bond donors (Lipinski definition) is 1. The Balaban J connectivity index is 1.86. The van der Waals surface area contributed by atoms with Gasteiger partial charge in [-0.25, -0.2) is 0 Å². The predicted octanol–water partition coefficient (Wildman–Crippen LogP) is 3.30. The number of nitrogens with zero attached hydrogens (tertiary/aromatic N) is 1. The zero-order valence-corrected chi connectivity index (χ0v) is 14.0. The molecule has 2 N–H and O–H groups in total. The summed E-state index contributed by atoms with van der Waals surface area (Å²) in [6.07, 6.45) is 2.08. The van der Waals surface area contributed by atoms with E-state index in [0.717, 1.165) is 18.4 Å². The molecule has 0 spiro atoms. The molecular weight excluding hydrogens is 308 g/mol. The summed E-state index contributed by atoms with van der Waals surface area (Å²) in [5.41, 5.74) is 8.01. The van der Waals surface area contributed by atoms with Crippen LogP contribution in [0.4, 0.5) is 0 Å². The molecule has 0 bridgehead atoms. The molecule has 2 aromatic carbocycles. The third-order valence-corrected chi connectivity index (χ3v) is 4.06. The Labute approximate surface area is 143 Å². The molecule has 3 nitrogen and oxygen atoms in total. The van der Waals surface area contributed by atoms with E-state index in [4.69, 9.17) is 17.3 Å². The first-order valence-corrected chi connectivity index (χ1v) is 8.33. The molecule has 0 fully saturated rings. The van der Waals surface area contributed by atoms with Gasteiger partial charge in [0.1, 0.15) is 0 Å². The largest absolute Gasteiger partial charge is 0.341 e. The molecule has 23 heavy (non-hydrogen) atoms. The van der Waals surface area contributed by atoms with Gasteiger partial charge in [0.15, 0.2) is 0 Å². The maximum absolute atomic E-state index is 12.4. The molecule has 2 rings (SSSR count). The van der Waals surface area contributed by atoms with Crippen LogP contribution in [0.3, 0.4) is 0 Å². The highest BCUT2D eigenvalue weighted by molar-refractivity contribution is 6.30. The lowest BCUT2D eigenvalue weighted by molar-refractivity contribution is -0.131. The zero-order valence-electron chi connectivity index (χ0n) is 13.2. The average molecular weight is 331 g/mol. The van der Waals surface area contributed by atoms with Crippen LogP contribution in [0, 0.1) is 0 Å². The number of hydrogen-bond acceptors (Lipinski definition) is 2. The highest BCUT2D eigenvalue weighted by Crippen LogP contribution is 2.12. The fraction of sp³-hybridized carbons (Fsp3) is 0.316. The van der Waals surface area contributed by atoms with Gasteiger partial charge in [-0.15, -0.1) is 0 Å². The van der Waals surface area contributed by atoms with Crippen molar-refractivity contribution in [1.29, 1.82) is 0 Å². The van der Waals surface area contributed by atoms with Crippen molar-refractivity contribution >= 4 is 17.5 Å². The lowest BCUT2D eigenvalue weighted by Gasteiger charge is -2.22. The molecule has 0 aliphatic carbocycles. The van der Waals surface area contributed by atoms with Crippen molar-refractivity contribution in [3.05, 3.63) is 70.7 Å². The normalized spacial score (nSPS) is 10.5. The number of carbonyl (C=O) groups excluding carboxylic acids is 1. The van der Waals surface area contributed by atoms with Crippen molar-refractivity contribution < 1.29 is 4.79 Å². The van der Waals surface area contributed by atoms with E-state index in [0.29, 0.717) is 31.1 Å². The van der Waals surface area contributed by atoms with Crippen LogP contribution in [0.15, 0.2) is 54.6 Å². The minimum absolute atomic E-state index is 0.154. The number of carbonyl (C=O) groups is 1. The Morgan fingerprint density at radius 3 is 2.22 bits per heavy atom. The van der Waals surface area contributed by atoms with E-state index in [9.17, 15) is 4.79 Å². The Bertz CT molecular complexity index is 599. The van der Waals surface area contributed by atoms with Crippen LogP contribution in [0.25, 0.3) is 0 Å². The molecule has 0 radical (unpaired) electrons. The van der Waals surface area contributed by atoms with Gasteiger partial charge in [0.2, 0.25) is 5.91 Å². The summed E-state index contributed by atoms with van der Waals surface area (Å²) in [6.45, 7) is 1.80. The molecular formula is C19H23ClN2O. The van der Waals surface area contributed by atoms with Crippen LogP contribution < -0.4 is 5.73 Å². The second-order valence-corrected chi connectivity index (χ2v) is 5.97. The number of nitrogens with two attached hydrogens (primary N) is 1. The van der Waals surface area contributed by atoms with E-state index in [2.05, 4.69) is 12.1 Å². The van der Waals surface area contributed by atoms with E-state index >= 15 is 0 Å². The van der Waals surface area contributed by atoms with Gasteiger partial charge in [0, 0.05) is 31.1 Å². The van der Waals surface area contributed by atoms with Gasteiger partial charge in [0.05, 0.1) is 0 Å². The summed E-state index contributed by atoms with van der Waals surface area (Å²) in [4.78, 5) is 14.3. The average Bonchev–Trinajstić information content (AvgIpc) is 2.58. The van der Waals surface area contributed by atoms with Crippen LogP contribution in [-0.2, 0) is 17.6 Å². The molecule has 0 heterocycles. The number of amides is 1. The van der Waals surface area contributed by atoms with E-state index in [1.54, 1.807) is 0 Å². The lowest BCUT2D eigenvalue weighted by atomic mass is 10.1. The lowest BCUT2D eigenvalue weighted by Crippen LogP contribution is -2.37. The topological polar surface area (TPSA) is 46.3 Å². The van der Waals surface area contributed by atoms with Crippen molar-refractivity contribution in [2.24, 2.45) is 5.73 Å². The number of benzene rings is 2. The van der Waals surface area contributed by atoms with E-state index in [1.807, 2.05) is 47.4 Å². The minimum atomic E-state index is 0.154. The molecule has 0 aliphatic rings. The number of halogens is 1. The van der Waals surface area contributed by atoms with Crippen LogP contribution >= 0.6 is 11.6 Å². The van der Waals surface area contributed by atoms with Gasteiger partial charge < -0.3 is 10.6 Å². The summed E-state index contributed by atoms with van der Waals surface area (Å²) < 4.78 is 0. The minimum Gasteiger partial charge on any atom is -0.341 e. The van der Waals surface area contributed by atoms with Crippen LogP contribution in [0.5, 0.6) is 0 Å². The third-order valence-electron chi connectivity index (χ3n) is 3.81. The zero-order chi connectivity index (χ0) is 16.5. The second-order valence-electron chi connectivity index (χ2n) is 5.53. The van der Waals surface area contributed by atoms with Gasteiger partial charge in [0.25, 0.3) is 0 Å². The monoisotopic (exact) mass is 330 g/mol. The summed E-state index contributed by atoms with van der Waals surface area (Å²) in [5, 5.41) is 0.715. The molecule has 0 saturated carbocycles. The number of rotatable bonds is 8. The molecule has 0 aliphatic heterocycles. The van der Waals surface area contributed by atoms with Gasteiger partial charge in [-0.05, 0) is 36.1 Å². The smallest absolute Gasteiger partial charge is 0.222 e. The summed E-state index contributed by atoms with van der Waals surface area (Å²) >= 11 is 5.88. The highest BCUT2D eigenvalue weighted by Gasteiger charge is 2.12. The van der Waals surface area contributed by atoms with Crippen LogP contribution in [0.1, 0.15) is 17.5 Å². The van der Waals surface area contributed by atoms with Crippen LogP contribution in [-0.4, -0.2) is 30.4 Å². The molecule has 0 atom stereocenters.